The topological polar surface area (TPSA) is 78.7 Å². The molecule has 1 aromatic carbocycles. The van der Waals surface area contributed by atoms with Crippen molar-refractivity contribution in [2.24, 2.45) is 0 Å². The molecule has 0 unspecified atom stereocenters. The van der Waals surface area contributed by atoms with Gasteiger partial charge in [0.15, 0.2) is 6.61 Å². The number of carbonyl (C=O) groups is 1. The number of ether oxygens (including phenoxy) is 1. The molecule has 0 aromatic heterocycles. The van der Waals surface area contributed by atoms with Crippen molar-refractivity contribution in [3.05, 3.63) is 38.4 Å². The highest BCUT2D eigenvalue weighted by Gasteiger charge is 2.10. The zero-order chi connectivity index (χ0) is 12.1. The average Bonchev–Trinajstić information content (AvgIpc) is 2.15. The van der Waals surface area contributed by atoms with Gasteiger partial charge < -0.3 is 4.74 Å². The van der Waals surface area contributed by atoms with Crippen LogP contribution in [0.25, 0.3) is 0 Å². The van der Waals surface area contributed by atoms with E-state index in [-0.39, 0.29) is 10.8 Å². The summed E-state index contributed by atoms with van der Waals surface area (Å²) in [5, 5.41) is 9.19. The summed E-state index contributed by atoms with van der Waals surface area (Å²) in [6.45, 7) is -0.609. The largest absolute Gasteiger partial charge is 0.482 e. The Hall–Kier alpha value is -1.53. The molecule has 0 heterocycles. The summed E-state index contributed by atoms with van der Waals surface area (Å²) in [5.74, 6) is -0.942. The van der Waals surface area contributed by atoms with E-state index in [2.05, 4.69) is 4.84 Å². The Morgan fingerprint density at radius 1 is 1.44 bits per heavy atom. The maximum atomic E-state index is 10.7. The molecule has 0 radical (unpaired) electrons. The fraction of sp³-hybridized carbons (Fsp3) is 0.125. The molecule has 0 aliphatic rings. The van der Waals surface area contributed by atoms with Gasteiger partial charge in [-0.1, -0.05) is 23.2 Å². The molecule has 8 heteroatoms. The number of hydrogen-bond donors (Lipinski definition) is 0. The minimum Gasteiger partial charge on any atom is -0.482 e. The Labute approximate surface area is 99.8 Å². The monoisotopic (exact) mass is 265 g/mol. The van der Waals surface area contributed by atoms with Crippen LogP contribution in [0.2, 0.25) is 10.0 Å². The van der Waals surface area contributed by atoms with Crippen LogP contribution in [0, 0.1) is 10.1 Å². The summed E-state index contributed by atoms with van der Waals surface area (Å²) >= 11 is 11.4. The van der Waals surface area contributed by atoms with Crippen molar-refractivity contribution in [3.63, 3.8) is 0 Å². The quantitative estimate of drug-likeness (QED) is 0.615. The first-order valence-corrected chi connectivity index (χ1v) is 4.67. The van der Waals surface area contributed by atoms with Crippen LogP contribution in [0.5, 0.6) is 5.75 Å². The Bertz CT molecular complexity index is 423. The molecule has 0 aliphatic carbocycles. The smallest absolute Gasteiger partial charge is 0.340 e. The number of rotatable bonds is 4. The van der Waals surface area contributed by atoms with E-state index >= 15 is 0 Å². The molecular weight excluding hydrogens is 261 g/mol. The van der Waals surface area contributed by atoms with Crippen molar-refractivity contribution in [1.29, 1.82) is 0 Å². The molecule has 0 aliphatic heterocycles. The average molecular weight is 266 g/mol. The van der Waals surface area contributed by atoms with E-state index in [4.69, 9.17) is 27.9 Å². The van der Waals surface area contributed by atoms with Gasteiger partial charge in [-0.2, -0.15) is 0 Å². The molecule has 16 heavy (non-hydrogen) atoms. The summed E-state index contributed by atoms with van der Waals surface area (Å²) in [6, 6.07) is 4.35. The van der Waals surface area contributed by atoms with E-state index in [0.29, 0.717) is 5.02 Å². The Morgan fingerprint density at radius 3 is 2.69 bits per heavy atom. The lowest BCUT2D eigenvalue weighted by atomic mass is 10.3. The van der Waals surface area contributed by atoms with Crippen LogP contribution in [-0.2, 0) is 9.63 Å². The van der Waals surface area contributed by atoms with Crippen LogP contribution >= 0.6 is 23.2 Å². The highest BCUT2D eigenvalue weighted by Crippen LogP contribution is 2.27. The number of nitrogens with zero attached hydrogens (tertiary/aromatic N) is 1. The highest BCUT2D eigenvalue weighted by atomic mass is 35.5. The molecule has 0 saturated carbocycles. The molecule has 0 bridgehead atoms. The van der Waals surface area contributed by atoms with E-state index in [1.165, 1.54) is 18.2 Å². The van der Waals surface area contributed by atoms with Gasteiger partial charge in [-0.05, 0) is 18.2 Å². The molecule has 0 amide bonds. The van der Waals surface area contributed by atoms with Crippen LogP contribution in [0.1, 0.15) is 0 Å². The van der Waals surface area contributed by atoms with Crippen molar-refractivity contribution in [2.75, 3.05) is 6.61 Å². The van der Waals surface area contributed by atoms with Crippen molar-refractivity contribution in [3.8, 4) is 5.75 Å². The van der Waals surface area contributed by atoms with Crippen LogP contribution in [0.3, 0.4) is 0 Å². The third-order valence-electron chi connectivity index (χ3n) is 1.42. The number of benzene rings is 1. The Morgan fingerprint density at radius 2 is 2.12 bits per heavy atom. The number of halogens is 2. The fourth-order valence-electron chi connectivity index (χ4n) is 0.838. The summed E-state index contributed by atoms with van der Waals surface area (Å²) in [4.78, 5) is 24.2. The molecule has 0 atom stereocenters. The lowest BCUT2D eigenvalue weighted by Gasteiger charge is -2.06. The summed E-state index contributed by atoms with van der Waals surface area (Å²) in [6.07, 6.45) is 0. The molecular formula is C8H5Cl2NO5. The minimum atomic E-state index is -1.21. The first-order chi connectivity index (χ1) is 7.49. The lowest BCUT2D eigenvalue weighted by molar-refractivity contribution is -0.729. The van der Waals surface area contributed by atoms with Gasteiger partial charge in [0.05, 0.1) is 5.02 Å². The Balaban J connectivity index is 2.54. The van der Waals surface area contributed by atoms with Crippen molar-refractivity contribution in [2.45, 2.75) is 0 Å². The molecule has 6 nitrogen and oxygen atoms in total. The van der Waals surface area contributed by atoms with Crippen LogP contribution in [0.15, 0.2) is 18.2 Å². The molecule has 86 valence electrons. The second-order valence-corrected chi connectivity index (χ2v) is 3.39. The molecule has 0 N–H and O–H groups in total. The van der Waals surface area contributed by atoms with Crippen LogP contribution in [-0.4, -0.2) is 17.7 Å². The molecule has 0 spiro atoms. The molecule has 0 fully saturated rings. The second-order valence-electron chi connectivity index (χ2n) is 2.55. The van der Waals surface area contributed by atoms with Gasteiger partial charge in [0.1, 0.15) is 5.75 Å². The third kappa shape index (κ3) is 3.92. The van der Waals surface area contributed by atoms with Gasteiger partial charge in [0.2, 0.25) is 0 Å². The van der Waals surface area contributed by atoms with Crippen LogP contribution in [0.4, 0.5) is 0 Å². The first kappa shape index (κ1) is 12.5. The second kappa shape index (κ2) is 5.53. The maximum Gasteiger partial charge on any atom is 0.340 e. The van der Waals surface area contributed by atoms with Gasteiger partial charge in [-0.25, -0.2) is 4.84 Å². The molecule has 1 aromatic rings. The standard InChI is InChI=1S/C8H5Cl2NO5/c9-5-1-2-7(6(10)3-5)15-4-8(12)16-11(13)14/h1-3H,4H2. The SMILES string of the molecule is O=C(COc1ccc(Cl)cc1Cl)O[N+](=O)[O-]. The number of carbonyl (C=O) groups excluding carboxylic acids is 1. The predicted molar refractivity (Wildman–Crippen MR) is 55.0 cm³/mol. The molecule has 1 rings (SSSR count). The highest BCUT2D eigenvalue weighted by molar-refractivity contribution is 6.35. The van der Waals surface area contributed by atoms with E-state index in [1.807, 2.05) is 0 Å². The molecule has 0 saturated heterocycles. The van der Waals surface area contributed by atoms with Crippen molar-refractivity contribution in [1.82, 2.24) is 0 Å². The van der Waals surface area contributed by atoms with Crippen LogP contribution < -0.4 is 4.74 Å². The minimum absolute atomic E-state index is 0.186. The van der Waals surface area contributed by atoms with Gasteiger partial charge in [-0.3, -0.25) is 4.79 Å². The first-order valence-electron chi connectivity index (χ1n) is 3.92. The van der Waals surface area contributed by atoms with Gasteiger partial charge in [-0.15, -0.1) is 10.1 Å². The van der Waals surface area contributed by atoms with E-state index in [1.54, 1.807) is 0 Å². The predicted octanol–water partition coefficient (Wildman–Crippen LogP) is 2.11. The van der Waals surface area contributed by atoms with Crippen molar-refractivity contribution < 1.29 is 19.5 Å². The third-order valence-corrected chi connectivity index (χ3v) is 1.95. The summed E-state index contributed by atoms with van der Waals surface area (Å²) in [7, 11) is 0. The summed E-state index contributed by atoms with van der Waals surface area (Å²) < 4.78 is 4.88. The van der Waals surface area contributed by atoms with Gasteiger partial charge in [0, 0.05) is 5.02 Å². The van der Waals surface area contributed by atoms with Gasteiger partial charge in [0.25, 0.3) is 0 Å². The van der Waals surface area contributed by atoms with E-state index < -0.39 is 17.7 Å². The fourth-order valence-corrected chi connectivity index (χ4v) is 1.30. The zero-order valence-electron chi connectivity index (χ0n) is 7.68. The van der Waals surface area contributed by atoms with Crippen molar-refractivity contribution >= 4 is 29.2 Å². The Kier molecular flexibility index (Phi) is 4.33. The van der Waals surface area contributed by atoms with E-state index in [0.717, 1.165) is 0 Å². The lowest BCUT2D eigenvalue weighted by Crippen LogP contribution is -2.18. The summed E-state index contributed by atoms with van der Waals surface area (Å²) in [5.41, 5.74) is 0. The zero-order valence-corrected chi connectivity index (χ0v) is 9.20. The van der Waals surface area contributed by atoms with Gasteiger partial charge >= 0.3 is 11.1 Å². The normalized spacial score (nSPS) is 9.62. The maximum absolute atomic E-state index is 10.7. The number of hydrogen-bond acceptors (Lipinski definition) is 5. The van der Waals surface area contributed by atoms with E-state index in [9.17, 15) is 14.9 Å².